The van der Waals surface area contributed by atoms with E-state index >= 15 is 0 Å². The summed E-state index contributed by atoms with van der Waals surface area (Å²) in [6.07, 6.45) is 10.3. The molecule has 0 aromatic heterocycles. The molecule has 0 N–H and O–H groups in total. The molecule has 0 bridgehead atoms. The molecule has 0 saturated carbocycles. The lowest BCUT2D eigenvalue weighted by Crippen LogP contribution is -1.97. The van der Waals surface area contributed by atoms with Crippen LogP contribution >= 0.6 is 0 Å². The monoisotopic (exact) mass is 286 g/mol. The van der Waals surface area contributed by atoms with Gasteiger partial charge >= 0.3 is 0 Å². The van der Waals surface area contributed by atoms with Crippen LogP contribution in [0.5, 0.6) is 0 Å². The van der Waals surface area contributed by atoms with Crippen molar-refractivity contribution in [2.24, 2.45) is 5.92 Å². The molecule has 0 radical (unpaired) electrons. The number of hydrogen-bond donors (Lipinski definition) is 0. The summed E-state index contributed by atoms with van der Waals surface area (Å²) >= 11 is 0. The molecule has 0 heterocycles. The molecule has 0 heteroatoms. The summed E-state index contributed by atoms with van der Waals surface area (Å²) in [5, 5.41) is 0. The van der Waals surface area contributed by atoms with Crippen LogP contribution in [0, 0.1) is 12.8 Å². The normalized spacial score (nSPS) is 18.2. The van der Waals surface area contributed by atoms with Crippen LogP contribution in [-0.4, -0.2) is 0 Å². The van der Waals surface area contributed by atoms with E-state index in [0.717, 1.165) is 6.42 Å². The quantitative estimate of drug-likeness (QED) is 0.602. The molecule has 2 aromatic carbocycles. The van der Waals surface area contributed by atoms with Crippen LogP contribution in [0.15, 0.2) is 78.4 Å². The number of aryl methyl sites for hydroxylation is 1. The number of benzene rings is 2. The Bertz CT molecular complexity index is 712. The van der Waals surface area contributed by atoms with Crippen LogP contribution in [0.3, 0.4) is 0 Å². The van der Waals surface area contributed by atoms with Crippen LogP contribution in [0.2, 0.25) is 0 Å². The molecular formula is C22H22. The van der Waals surface area contributed by atoms with E-state index < -0.39 is 0 Å². The van der Waals surface area contributed by atoms with Crippen molar-refractivity contribution in [2.75, 3.05) is 0 Å². The molecular weight excluding hydrogens is 264 g/mol. The Hall–Kier alpha value is -2.34. The minimum atomic E-state index is 0.639. The summed E-state index contributed by atoms with van der Waals surface area (Å²) < 4.78 is 0. The molecule has 1 aliphatic rings. The van der Waals surface area contributed by atoms with Gasteiger partial charge in [-0.3, -0.25) is 0 Å². The van der Waals surface area contributed by atoms with Crippen molar-refractivity contribution in [2.45, 2.75) is 20.3 Å². The third-order valence-electron chi connectivity index (χ3n) is 4.10. The van der Waals surface area contributed by atoms with Gasteiger partial charge in [0.25, 0.3) is 0 Å². The van der Waals surface area contributed by atoms with Gasteiger partial charge in [-0.15, -0.1) is 0 Å². The fourth-order valence-electron chi connectivity index (χ4n) is 2.71. The van der Waals surface area contributed by atoms with E-state index in [1.807, 2.05) is 0 Å². The SMILES string of the molecule is Cc1ccc(/C=C(\C2=CCC(C)C=C2)c2ccccc2)cc1. The first-order chi connectivity index (χ1) is 10.7. The van der Waals surface area contributed by atoms with Crippen molar-refractivity contribution in [1.82, 2.24) is 0 Å². The zero-order valence-corrected chi connectivity index (χ0v) is 13.3. The second kappa shape index (κ2) is 6.62. The maximum atomic E-state index is 2.36. The number of hydrogen-bond acceptors (Lipinski definition) is 0. The minimum Gasteiger partial charge on any atom is -0.0808 e. The van der Waals surface area contributed by atoms with Crippen LogP contribution in [-0.2, 0) is 0 Å². The third-order valence-corrected chi connectivity index (χ3v) is 4.10. The zero-order valence-electron chi connectivity index (χ0n) is 13.3. The van der Waals surface area contributed by atoms with E-state index in [4.69, 9.17) is 0 Å². The highest BCUT2D eigenvalue weighted by atomic mass is 14.1. The number of rotatable bonds is 3. The van der Waals surface area contributed by atoms with Crippen molar-refractivity contribution in [1.29, 1.82) is 0 Å². The van der Waals surface area contributed by atoms with Gasteiger partial charge in [0.1, 0.15) is 0 Å². The van der Waals surface area contributed by atoms with Gasteiger partial charge in [0, 0.05) is 0 Å². The topological polar surface area (TPSA) is 0 Å². The number of allylic oxidation sites excluding steroid dienone is 5. The van der Waals surface area contributed by atoms with E-state index in [-0.39, 0.29) is 0 Å². The lowest BCUT2D eigenvalue weighted by molar-refractivity contribution is 0.734. The third kappa shape index (κ3) is 3.46. The van der Waals surface area contributed by atoms with Gasteiger partial charge in [-0.1, -0.05) is 85.3 Å². The molecule has 3 rings (SSSR count). The first kappa shape index (κ1) is 14.6. The summed E-state index contributed by atoms with van der Waals surface area (Å²) in [6.45, 7) is 4.38. The van der Waals surface area contributed by atoms with Crippen molar-refractivity contribution >= 4 is 11.6 Å². The Morgan fingerprint density at radius 3 is 2.36 bits per heavy atom. The first-order valence-electron chi connectivity index (χ1n) is 7.95. The lowest BCUT2D eigenvalue weighted by atomic mass is 9.89. The van der Waals surface area contributed by atoms with E-state index in [2.05, 4.69) is 92.7 Å². The molecule has 1 atom stereocenters. The predicted molar refractivity (Wildman–Crippen MR) is 96.5 cm³/mol. The molecule has 0 fully saturated rings. The molecule has 1 unspecified atom stereocenters. The van der Waals surface area contributed by atoms with Crippen molar-refractivity contribution < 1.29 is 0 Å². The Balaban J connectivity index is 2.04. The summed E-state index contributed by atoms with van der Waals surface area (Å²) in [4.78, 5) is 0. The van der Waals surface area contributed by atoms with Crippen LogP contribution < -0.4 is 0 Å². The zero-order chi connectivity index (χ0) is 15.4. The fourth-order valence-corrected chi connectivity index (χ4v) is 2.71. The van der Waals surface area contributed by atoms with Crippen LogP contribution in [0.4, 0.5) is 0 Å². The molecule has 22 heavy (non-hydrogen) atoms. The summed E-state index contributed by atoms with van der Waals surface area (Å²) in [7, 11) is 0. The van der Waals surface area contributed by atoms with E-state index in [1.165, 1.54) is 27.8 Å². The highest BCUT2D eigenvalue weighted by Gasteiger charge is 2.10. The molecule has 0 spiro atoms. The fraction of sp³-hybridized carbons (Fsp3) is 0.182. The van der Waals surface area contributed by atoms with Crippen molar-refractivity contribution in [3.63, 3.8) is 0 Å². The lowest BCUT2D eigenvalue weighted by Gasteiger charge is -2.15. The second-order valence-corrected chi connectivity index (χ2v) is 6.07. The molecule has 110 valence electrons. The van der Waals surface area contributed by atoms with Crippen molar-refractivity contribution in [3.05, 3.63) is 95.1 Å². The standard InChI is InChI=1S/C22H22/c1-17-8-12-19(13-9-17)16-22(20-6-4-3-5-7-20)21-14-10-18(2)11-15-21/h3-10,12-16,18H,11H2,1-2H3/b22-16-. The van der Waals surface area contributed by atoms with Gasteiger partial charge in [-0.25, -0.2) is 0 Å². The van der Waals surface area contributed by atoms with E-state index in [1.54, 1.807) is 0 Å². The highest BCUT2D eigenvalue weighted by molar-refractivity contribution is 5.93. The van der Waals surface area contributed by atoms with Gasteiger partial charge < -0.3 is 0 Å². The Kier molecular flexibility index (Phi) is 4.39. The highest BCUT2D eigenvalue weighted by Crippen LogP contribution is 2.30. The van der Waals surface area contributed by atoms with Gasteiger partial charge in [-0.2, -0.15) is 0 Å². The Morgan fingerprint density at radius 1 is 1.00 bits per heavy atom. The average molecular weight is 286 g/mol. The smallest absolute Gasteiger partial charge is 0.0109 e. The predicted octanol–water partition coefficient (Wildman–Crippen LogP) is 6.06. The average Bonchev–Trinajstić information content (AvgIpc) is 2.56. The van der Waals surface area contributed by atoms with Crippen LogP contribution in [0.1, 0.15) is 30.0 Å². The molecule has 0 saturated heterocycles. The Labute approximate surface area is 133 Å². The molecule has 2 aromatic rings. The van der Waals surface area contributed by atoms with Gasteiger partial charge in [0.05, 0.1) is 0 Å². The van der Waals surface area contributed by atoms with Gasteiger partial charge in [0.2, 0.25) is 0 Å². The second-order valence-electron chi connectivity index (χ2n) is 6.07. The van der Waals surface area contributed by atoms with Crippen LogP contribution in [0.25, 0.3) is 11.6 Å². The van der Waals surface area contributed by atoms with E-state index in [0.29, 0.717) is 5.92 Å². The largest absolute Gasteiger partial charge is 0.0808 e. The maximum Gasteiger partial charge on any atom is -0.0109 e. The molecule has 0 aliphatic heterocycles. The molecule has 1 aliphatic carbocycles. The van der Waals surface area contributed by atoms with Crippen molar-refractivity contribution in [3.8, 4) is 0 Å². The van der Waals surface area contributed by atoms with Gasteiger partial charge in [-0.05, 0) is 47.6 Å². The minimum absolute atomic E-state index is 0.639. The van der Waals surface area contributed by atoms with Gasteiger partial charge in [0.15, 0.2) is 0 Å². The maximum absolute atomic E-state index is 2.36. The molecule has 0 nitrogen and oxygen atoms in total. The first-order valence-corrected chi connectivity index (χ1v) is 7.95. The van der Waals surface area contributed by atoms with E-state index in [9.17, 15) is 0 Å². The summed E-state index contributed by atoms with van der Waals surface area (Å²) in [6, 6.07) is 19.4. The molecule has 0 amide bonds. The Morgan fingerprint density at radius 2 is 1.73 bits per heavy atom. The summed E-state index contributed by atoms with van der Waals surface area (Å²) in [5.41, 5.74) is 6.44. The summed E-state index contributed by atoms with van der Waals surface area (Å²) in [5.74, 6) is 0.639.